The number of halogens is 2. The first-order valence-corrected chi connectivity index (χ1v) is 8.52. The Morgan fingerprint density at radius 2 is 1.81 bits per heavy atom. The maximum Gasteiger partial charge on any atom is 0.119 e. The molecule has 0 saturated heterocycles. The third-order valence-electron chi connectivity index (χ3n) is 3.61. The summed E-state index contributed by atoms with van der Waals surface area (Å²) in [6.07, 6.45) is 2.80. The quantitative estimate of drug-likeness (QED) is 0.711. The number of hydrogen-bond acceptors (Lipinski definition) is 2. The second kappa shape index (κ2) is 6.55. The van der Waals surface area contributed by atoms with Crippen LogP contribution in [0.3, 0.4) is 0 Å². The Morgan fingerprint density at radius 3 is 2.38 bits per heavy atom. The third-order valence-corrected chi connectivity index (χ3v) is 5.18. The zero-order valence-corrected chi connectivity index (χ0v) is 14.7. The van der Waals surface area contributed by atoms with Gasteiger partial charge in [-0.15, -0.1) is 0 Å². The van der Waals surface area contributed by atoms with Gasteiger partial charge in [0.05, 0.1) is 17.2 Å². The summed E-state index contributed by atoms with van der Waals surface area (Å²) in [7, 11) is 1.96. The van der Waals surface area contributed by atoms with Gasteiger partial charge in [-0.3, -0.25) is 0 Å². The van der Waals surface area contributed by atoms with Gasteiger partial charge in [-0.25, -0.2) is 0 Å². The van der Waals surface area contributed by atoms with Crippen LogP contribution >= 0.6 is 34.2 Å². The molecule has 3 rings (SSSR count). The summed E-state index contributed by atoms with van der Waals surface area (Å²) in [5.74, 6) is 0.955. The molecule has 2 aromatic rings. The van der Waals surface area contributed by atoms with E-state index in [4.69, 9.17) is 16.3 Å². The van der Waals surface area contributed by atoms with Crippen molar-refractivity contribution in [1.82, 2.24) is 5.32 Å². The average Bonchev–Trinajstić information content (AvgIpc) is 3.29. The zero-order chi connectivity index (χ0) is 14.8. The summed E-state index contributed by atoms with van der Waals surface area (Å²) in [5, 5.41) is 4.15. The maximum atomic E-state index is 6.24. The monoisotopic (exact) mass is 413 g/mol. The molecule has 1 unspecified atom stereocenters. The van der Waals surface area contributed by atoms with Crippen molar-refractivity contribution in [3.8, 4) is 5.75 Å². The molecular formula is C17H17ClINO. The van der Waals surface area contributed by atoms with Crippen molar-refractivity contribution < 1.29 is 4.74 Å². The smallest absolute Gasteiger partial charge is 0.119 e. The van der Waals surface area contributed by atoms with Crippen LogP contribution in [0.2, 0.25) is 5.02 Å². The lowest BCUT2D eigenvalue weighted by Gasteiger charge is -2.18. The van der Waals surface area contributed by atoms with E-state index in [1.165, 1.54) is 24.0 Å². The van der Waals surface area contributed by atoms with Crippen LogP contribution in [0.5, 0.6) is 5.75 Å². The van der Waals surface area contributed by atoms with E-state index in [0.717, 1.165) is 14.3 Å². The first kappa shape index (κ1) is 15.1. The molecule has 0 aromatic heterocycles. The molecule has 0 bridgehead atoms. The van der Waals surface area contributed by atoms with Gasteiger partial charge in [-0.2, -0.15) is 0 Å². The molecule has 0 aliphatic heterocycles. The molecule has 1 saturated carbocycles. The first-order valence-electron chi connectivity index (χ1n) is 7.06. The van der Waals surface area contributed by atoms with Crippen LogP contribution in [0.1, 0.15) is 30.0 Å². The Morgan fingerprint density at radius 1 is 1.14 bits per heavy atom. The predicted molar refractivity (Wildman–Crippen MR) is 95.2 cm³/mol. The van der Waals surface area contributed by atoms with E-state index < -0.39 is 0 Å². The summed E-state index contributed by atoms with van der Waals surface area (Å²) >= 11 is 8.48. The van der Waals surface area contributed by atoms with Crippen molar-refractivity contribution >= 4 is 34.2 Å². The summed E-state index contributed by atoms with van der Waals surface area (Å²) in [4.78, 5) is 0. The van der Waals surface area contributed by atoms with Crippen LogP contribution < -0.4 is 10.1 Å². The Kier molecular flexibility index (Phi) is 4.72. The van der Waals surface area contributed by atoms with Crippen LogP contribution in [0.4, 0.5) is 0 Å². The second-order valence-electron chi connectivity index (χ2n) is 5.28. The SMILES string of the molecule is CNC(c1ccc(OC2CC2)cc1)c1ccc(I)c(Cl)c1. The van der Waals surface area contributed by atoms with E-state index in [9.17, 15) is 0 Å². The second-order valence-corrected chi connectivity index (χ2v) is 6.85. The van der Waals surface area contributed by atoms with Gasteiger partial charge >= 0.3 is 0 Å². The number of ether oxygens (including phenoxy) is 1. The predicted octanol–water partition coefficient (Wildman–Crippen LogP) is 4.79. The number of rotatable bonds is 5. The van der Waals surface area contributed by atoms with E-state index in [2.05, 4.69) is 46.1 Å². The molecule has 1 fully saturated rings. The topological polar surface area (TPSA) is 21.3 Å². The molecule has 0 spiro atoms. The van der Waals surface area contributed by atoms with Crippen molar-refractivity contribution in [3.05, 3.63) is 62.2 Å². The molecule has 1 aliphatic rings. The minimum absolute atomic E-state index is 0.134. The van der Waals surface area contributed by atoms with Gasteiger partial charge < -0.3 is 10.1 Å². The van der Waals surface area contributed by atoms with Gasteiger partial charge in [0, 0.05) is 3.57 Å². The lowest BCUT2D eigenvalue weighted by atomic mass is 9.99. The highest BCUT2D eigenvalue weighted by atomic mass is 127. The highest BCUT2D eigenvalue weighted by molar-refractivity contribution is 14.1. The normalized spacial score (nSPS) is 15.8. The number of benzene rings is 2. The van der Waals surface area contributed by atoms with E-state index >= 15 is 0 Å². The molecule has 110 valence electrons. The van der Waals surface area contributed by atoms with Crippen molar-refractivity contribution in [2.24, 2.45) is 0 Å². The van der Waals surface area contributed by atoms with Crippen molar-refractivity contribution in [3.63, 3.8) is 0 Å². The molecule has 1 aliphatic carbocycles. The van der Waals surface area contributed by atoms with E-state index in [1.54, 1.807) is 0 Å². The summed E-state index contributed by atoms with van der Waals surface area (Å²) in [5.41, 5.74) is 2.37. The van der Waals surface area contributed by atoms with Crippen LogP contribution in [0.15, 0.2) is 42.5 Å². The van der Waals surface area contributed by atoms with Crippen molar-refractivity contribution in [2.75, 3.05) is 7.05 Å². The van der Waals surface area contributed by atoms with Gasteiger partial charge in [0.2, 0.25) is 0 Å². The van der Waals surface area contributed by atoms with Gasteiger partial charge in [0.15, 0.2) is 0 Å². The van der Waals surface area contributed by atoms with Gasteiger partial charge in [0.25, 0.3) is 0 Å². The molecule has 0 heterocycles. The molecule has 1 N–H and O–H groups in total. The maximum absolute atomic E-state index is 6.24. The first-order chi connectivity index (χ1) is 10.2. The average molecular weight is 414 g/mol. The van der Waals surface area contributed by atoms with Crippen LogP contribution in [0, 0.1) is 3.57 Å². The van der Waals surface area contributed by atoms with Gasteiger partial charge in [-0.1, -0.05) is 29.8 Å². The van der Waals surface area contributed by atoms with Crippen LogP contribution in [-0.4, -0.2) is 13.2 Å². The molecule has 2 aromatic carbocycles. The molecule has 0 amide bonds. The number of nitrogens with one attached hydrogen (secondary N) is 1. The Balaban J connectivity index is 1.82. The van der Waals surface area contributed by atoms with Gasteiger partial charge in [-0.05, 0) is 77.9 Å². The molecular weight excluding hydrogens is 397 g/mol. The molecule has 4 heteroatoms. The lowest BCUT2D eigenvalue weighted by molar-refractivity contribution is 0.303. The molecule has 21 heavy (non-hydrogen) atoms. The lowest BCUT2D eigenvalue weighted by Crippen LogP contribution is -2.17. The highest BCUT2D eigenvalue weighted by Gasteiger charge is 2.23. The molecule has 2 nitrogen and oxygen atoms in total. The molecule has 1 atom stereocenters. The Bertz CT molecular complexity index is 625. The van der Waals surface area contributed by atoms with E-state index in [0.29, 0.717) is 6.10 Å². The van der Waals surface area contributed by atoms with E-state index in [1.807, 2.05) is 31.3 Å². The highest BCUT2D eigenvalue weighted by Crippen LogP contribution is 2.30. The zero-order valence-electron chi connectivity index (χ0n) is 11.8. The standard InChI is InChI=1S/C17H17ClINO/c1-20-17(12-4-9-16(19)15(18)10-12)11-2-5-13(6-3-11)21-14-7-8-14/h2-6,9-10,14,17,20H,7-8H2,1H3. The summed E-state index contributed by atoms with van der Waals surface area (Å²) in [6.45, 7) is 0. The largest absolute Gasteiger partial charge is 0.490 e. The Labute approximate surface area is 144 Å². The fraction of sp³-hybridized carbons (Fsp3) is 0.294. The minimum atomic E-state index is 0.134. The van der Waals surface area contributed by atoms with Crippen LogP contribution in [-0.2, 0) is 0 Å². The molecule has 0 radical (unpaired) electrons. The third kappa shape index (κ3) is 3.71. The summed E-state index contributed by atoms with van der Waals surface area (Å²) < 4.78 is 6.86. The van der Waals surface area contributed by atoms with Crippen molar-refractivity contribution in [1.29, 1.82) is 0 Å². The number of hydrogen-bond donors (Lipinski definition) is 1. The fourth-order valence-electron chi connectivity index (χ4n) is 2.33. The Hall–Kier alpha value is -0.780. The van der Waals surface area contributed by atoms with Crippen molar-refractivity contribution in [2.45, 2.75) is 25.0 Å². The van der Waals surface area contributed by atoms with Gasteiger partial charge in [0.1, 0.15) is 5.75 Å². The minimum Gasteiger partial charge on any atom is -0.490 e. The van der Waals surface area contributed by atoms with E-state index in [-0.39, 0.29) is 6.04 Å². The van der Waals surface area contributed by atoms with Crippen LogP contribution in [0.25, 0.3) is 0 Å². The fourth-order valence-corrected chi connectivity index (χ4v) is 2.86. The summed E-state index contributed by atoms with van der Waals surface area (Å²) in [6, 6.07) is 14.7.